The van der Waals surface area contributed by atoms with Crippen LogP contribution in [0.4, 0.5) is 0 Å². The lowest BCUT2D eigenvalue weighted by molar-refractivity contribution is -0.127. The Labute approximate surface area is 109 Å². The Morgan fingerprint density at radius 1 is 1.63 bits per heavy atom. The molecule has 0 fully saturated rings. The molecule has 0 bridgehead atoms. The molecule has 2 rings (SSSR count). The Bertz CT molecular complexity index is 554. The van der Waals surface area contributed by atoms with Crippen molar-refractivity contribution < 1.29 is 19.6 Å². The van der Waals surface area contributed by atoms with Gasteiger partial charge in [-0.15, -0.1) is 0 Å². The van der Waals surface area contributed by atoms with Crippen LogP contribution in [0.2, 0.25) is 0 Å². The maximum absolute atomic E-state index is 11.0. The van der Waals surface area contributed by atoms with E-state index in [1.165, 1.54) is 7.11 Å². The molecule has 1 aromatic rings. The number of nitrogens with zero attached hydrogens (tertiary/aromatic N) is 2. The summed E-state index contributed by atoms with van der Waals surface area (Å²) in [6.07, 6.45) is -0.649. The predicted molar refractivity (Wildman–Crippen MR) is 67.4 cm³/mol. The zero-order valence-electron chi connectivity index (χ0n) is 10.2. The SMILES string of the molecule is COc1cccc(/C(=N/O)C2=NOC(C(N)=O)C2)c1. The summed E-state index contributed by atoms with van der Waals surface area (Å²) in [7, 11) is 1.54. The molecule has 1 heterocycles. The third-order valence-electron chi connectivity index (χ3n) is 2.70. The van der Waals surface area contributed by atoms with E-state index in [4.69, 9.17) is 20.5 Å². The van der Waals surface area contributed by atoms with Gasteiger partial charge >= 0.3 is 0 Å². The van der Waals surface area contributed by atoms with Gasteiger partial charge in [-0.1, -0.05) is 22.4 Å². The van der Waals surface area contributed by atoms with Gasteiger partial charge in [0, 0.05) is 12.0 Å². The van der Waals surface area contributed by atoms with Crippen LogP contribution in [0.5, 0.6) is 5.75 Å². The van der Waals surface area contributed by atoms with Gasteiger partial charge in [0.05, 0.1) is 7.11 Å². The van der Waals surface area contributed by atoms with E-state index < -0.39 is 12.0 Å². The van der Waals surface area contributed by atoms with Crippen molar-refractivity contribution in [1.29, 1.82) is 0 Å². The van der Waals surface area contributed by atoms with Gasteiger partial charge in [-0.25, -0.2) is 0 Å². The van der Waals surface area contributed by atoms with Gasteiger partial charge in [0.2, 0.25) is 6.10 Å². The molecule has 7 heteroatoms. The van der Waals surface area contributed by atoms with Gasteiger partial charge in [0.25, 0.3) is 5.91 Å². The van der Waals surface area contributed by atoms with Crippen molar-refractivity contribution in [1.82, 2.24) is 0 Å². The van der Waals surface area contributed by atoms with Gasteiger partial charge in [-0.3, -0.25) is 4.79 Å². The number of primary amides is 1. The Kier molecular flexibility index (Phi) is 3.65. The average molecular weight is 263 g/mol. The lowest BCUT2D eigenvalue weighted by atomic mass is 10.0. The highest BCUT2D eigenvalue weighted by molar-refractivity contribution is 6.48. The van der Waals surface area contributed by atoms with Crippen LogP contribution < -0.4 is 10.5 Å². The Morgan fingerprint density at radius 2 is 2.42 bits per heavy atom. The molecule has 3 N–H and O–H groups in total. The average Bonchev–Trinajstić information content (AvgIpc) is 2.90. The smallest absolute Gasteiger partial charge is 0.261 e. The zero-order valence-corrected chi connectivity index (χ0v) is 10.2. The largest absolute Gasteiger partial charge is 0.497 e. The van der Waals surface area contributed by atoms with E-state index in [9.17, 15) is 4.79 Å². The van der Waals surface area contributed by atoms with Crippen molar-refractivity contribution in [3.8, 4) is 5.75 Å². The van der Waals surface area contributed by atoms with E-state index in [1.54, 1.807) is 24.3 Å². The molecule has 0 saturated carbocycles. The summed E-state index contributed by atoms with van der Waals surface area (Å²) in [5.41, 5.74) is 6.32. The minimum atomic E-state index is -0.822. The van der Waals surface area contributed by atoms with E-state index >= 15 is 0 Å². The first-order valence-corrected chi connectivity index (χ1v) is 5.54. The second-order valence-electron chi connectivity index (χ2n) is 3.92. The molecule has 0 radical (unpaired) electrons. The normalized spacial score (nSPS) is 18.7. The maximum Gasteiger partial charge on any atom is 0.261 e. The lowest BCUT2D eigenvalue weighted by Gasteiger charge is -2.05. The Hall–Kier alpha value is -2.57. The molecule has 1 unspecified atom stereocenters. The number of benzene rings is 1. The van der Waals surface area contributed by atoms with E-state index in [0.717, 1.165) is 0 Å². The zero-order chi connectivity index (χ0) is 13.8. The highest BCUT2D eigenvalue weighted by Crippen LogP contribution is 2.18. The van der Waals surface area contributed by atoms with Gasteiger partial charge in [0.1, 0.15) is 17.2 Å². The van der Waals surface area contributed by atoms with Crippen LogP contribution >= 0.6 is 0 Å². The number of hydrogen-bond donors (Lipinski definition) is 2. The topological polar surface area (TPSA) is 106 Å². The van der Waals surface area contributed by atoms with Crippen LogP contribution in [0.15, 0.2) is 34.6 Å². The third-order valence-corrected chi connectivity index (χ3v) is 2.70. The number of methoxy groups -OCH3 is 1. The summed E-state index contributed by atoms with van der Waals surface area (Å²) in [6, 6.07) is 6.94. The summed E-state index contributed by atoms with van der Waals surface area (Å²) in [6.45, 7) is 0. The lowest BCUT2D eigenvalue weighted by Crippen LogP contribution is -2.29. The van der Waals surface area contributed by atoms with Crippen molar-refractivity contribution in [3.63, 3.8) is 0 Å². The fourth-order valence-electron chi connectivity index (χ4n) is 1.72. The van der Waals surface area contributed by atoms with E-state index in [2.05, 4.69) is 10.3 Å². The third kappa shape index (κ3) is 2.65. The fourth-order valence-corrected chi connectivity index (χ4v) is 1.72. The van der Waals surface area contributed by atoms with E-state index in [-0.39, 0.29) is 12.1 Å². The number of carbonyl (C=O) groups excluding carboxylic acids is 1. The number of nitrogens with two attached hydrogens (primary N) is 1. The number of amides is 1. The van der Waals surface area contributed by atoms with E-state index in [1.807, 2.05) is 0 Å². The Morgan fingerprint density at radius 3 is 3.00 bits per heavy atom. The molecule has 0 aliphatic carbocycles. The van der Waals surface area contributed by atoms with Crippen molar-refractivity contribution in [2.24, 2.45) is 16.0 Å². The maximum atomic E-state index is 11.0. The summed E-state index contributed by atoms with van der Waals surface area (Å²) in [4.78, 5) is 15.9. The number of hydrogen-bond acceptors (Lipinski definition) is 6. The number of oxime groups is 2. The summed E-state index contributed by atoms with van der Waals surface area (Å²) < 4.78 is 5.09. The minimum absolute atomic E-state index is 0.173. The standard InChI is InChI=1S/C12H13N3O4/c1-18-8-4-2-3-7(5-8)11(14-17)9-6-10(12(13)16)19-15-9/h2-5,10,17H,6H2,1H3,(H2,13,16)/b14-11-. The van der Waals surface area contributed by atoms with Crippen molar-refractivity contribution >= 4 is 17.3 Å². The molecule has 0 aromatic heterocycles. The molecule has 0 saturated heterocycles. The summed E-state index contributed by atoms with van der Waals surface area (Å²) >= 11 is 0. The van der Waals surface area contributed by atoms with Crippen LogP contribution in [0, 0.1) is 0 Å². The highest BCUT2D eigenvalue weighted by Gasteiger charge is 2.29. The second kappa shape index (κ2) is 5.38. The quantitative estimate of drug-likeness (QED) is 0.468. The summed E-state index contributed by atoms with van der Waals surface area (Å²) in [5.74, 6) is 0.00583. The number of carbonyl (C=O) groups is 1. The Balaban J connectivity index is 2.24. The number of ether oxygens (including phenoxy) is 1. The predicted octanol–water partition coefficient (Wildman–Crippen LogP) is 0.504. The molecule has 1 atom stereocenters. The first kappa shape index (κ1) is 12.9. The van der Waals surface area contributed by atoms with E-state index in [0.29, 0.717) is 17.0 Å². The summed E-state index contributed by atoms with van der Waals surface area (Å²) in [5, 5.41) is 16.1. The van der Waals surface area contributed by atoms with Crippen molar-refractivity contribution in [3.05, 3.63) is 29.8 Å². The first-order valence-electron chi connectivity index (χ1n) is 5.54. The van der Waals surface area contributed by atoms with Gasteiger partial charge in [-0.05, 0) is 12.1 Å². The second-order valence-corrected chi connectivity index (χ2v) is 3.92. The van der Waals surface area contributed by atoms with Crippen LogP contribution in [0.25, 0.3) is 0 Å². The molecule has 1 amide bonds. The van der Waals surface area contributed by atoms with Crippen molar-refractivity contribution in [2.45, 2.75) is 12.5 Å². The monoisotopic (exact) mass is 263 g/mol. The molecule has 19 heavy (non-hydrogen) atoms. The van der Waals surface area contributed by atoms with Gasteiger partial charge < -0.3 is 20.5 Å². The molecular formula is C12H13N3O4. The highest BCUT2D eigenvalue weighted by atomic mass is 16.6. The van der Waals surface area contributed by atoms with Crippen molar-refractivity contribution in [2.75, 3.05) is 7.11 Å². The first-order chi connectivity index (χ1) is 9.15. The molecule has 0 spiro atoms. The molecule has 7 nitrogen and oxygen atoms in total. The minimum Gasteiger partial charge on any atom is -0.497 e. The van der Waals surface area contributed by atoms with Gasteiger partial charge in [-0.2, -0.15) is 0 Å². The molecule has 1 aliphatic heterocycles. The van der Waals surface area contributed by atoms with Crippen LogP contribution in [-0.2, 0) is 9.63 Å². The molecule has 1 aliphatic rings. The van der Waals surface area contributed by atoms with Crippen LogP contribution in [-0.4, -0.2) is 35.8 Å². The number of rotatable bonds is 4. The van der Waals surface area contributed by atoms with Crippen LogP contribution in [0.3, 0.4) is 0 Å². The van der Waals surface area contributed by atoms with Crippen LogP contribution in [0.1, 0.15) is 12.0 Å². The molecular weight excluding hydrogens is 250 g/mol. The molecule has 100 valence electrons. The van der Waals surface area contributed by atoms with Gasteiger partial charge in [0.15, 0.2) is 0 Å². The molecule has 1 aromatic carbocycles. The fraction of sp³-hybridized carbons (Fsp3) is 0.250.